The Balaban J connectivity index is 1.96. The Kier molecular flexibility index (Phi) is 7.50. The molecule has 0 atom stereocenters. The van der Waals surface area contributed by atoms with Gasteiger partial charge in [-0.2, -0.15) is 0 Å². The summed E-state index contributed by atoms with van der Waals surface area (Å²) in [5, 5.41) is 3.73. The first-order chi connectivity index (χ1) is 12.0. The van der Waals surface area contributed by atoms with Gasteiger partial charge in [0.1, 0.15) is 12.4 Å². The predicted molar refractivity (Wildman–Crippen MR) is 99.0 cm³/mol. The maximum atomic E-state index is 13.1. The maximum Gasteiger partial charge on any atom is 0.161 e. The lowest BCUT2D eigenvalue weighted by molar-refractivity contribution is 0.284. The van der Waals surface area contributed by atoms with Crippen molar-refractivity contribution in [2.75, 3.05) is 34.3 Å². The van der Waals surface area contributed by atoms with Crippen LogP contribution < -0.4 is 14.8 Å². The van der Waals surface area contributed by atoms with Crippen molar-refractivity contribution in [1.82, 2.24) is 10.2 Å². The number of benzene rings is 2. The highest BCUT2D eigenvalue weighted by Gasteiger charge is 2.08. The number of hydrogen-bond donors (Lipinski definition) is 1. The lowest BCUT2D eigenvalue weighted by atomic mass is 10.2. The summed E-state index contributed by atoms with van der Waals surface area (Å²) >= 11 is 6.02. The first kappa shape index (κ1) is 19.5. The summed E-state index contributed by atoms with van der Waals surface area (Å²) in [4.78, 5) is 2.13. The molecule has 0 saturated carbocycles. The average molecular weight is 367 g/mol. The van der Waals surface area contributed by atoms with Crippen LogP contribution >= 0.6 is 11.6 Å². The number of halogens is 2. The first-order valence-electron chi connectivity index (χ1n) is 8.08. The largest absolute Gasteiger partial charge is 0.493 e. The molecule has 25 heavy (non-hydrogen) atoms. The summed E-state index contributed by atoms with van der Waals surface area (Å²) in [6.45, 7) is 2.90. The normalized spacial score (nSPS) is 11.0. The molecule has 2 aromatic carbocycles. The van der Waals surface area contributed by atoms with Crippen LogP contribution in [0.5, 0.6) is 11.5 Å². The maximum absolute atomic E-state index is 13.1. The molecule has 0 aliphatic carbocycles. The van der Waals surface area contributed by atoms with Gasteiger partial charge in [-0.1, -0.05) is 23.7 Å². The molecule has 0 aromatic heterocycles. The van der Waals surface area contributed by atoms with E-state index in [9.17, 15) is 4.39 Å². The second-order valence-electron chi connectivity index (χ2n) is 5.99. The van der Waals surface area contributed by atoms with E-state index in [1.54, 1.807) is 13.2 Å². The fraction of sp³-hybridized carbons (Fsp3) is 0.368. The predicted octanol–water partition coefficient (Wildman–Crippen LogP) is 3.72. The molecule has 0 heterocycles. The molecular formula is C19H24ClFN2O2. The van der Waals surface area contributed by atoms with Gasteiger partial charge < -0.3 is 19.7 Å². The summed E-state index contributed by atoms with van der Waals surface area (Å²) in [6, 6.07) is 10.1. The molecule has 6 heteroatoms. The number of hydrogen-bond acceptors (Lipinski definition) is 4. The minimum atomic E-state index is -0.363. The van der Waals surface area contributed by atoms with E-state index in [0.29, 0.717) is 16.5 Å². The van der Waals surface area contributed by atoms with Gasteiger partial charge in [0.05, 0.1) is 12.1 Å². The zero-order valence-electron chi connectivity index (χ0n) is 14.8. The van der Waals surface area contributed by atoms with Crippen LogP contribution in [0.3, 0.4) is 0 Å². The topological polar surface area (TPSA) is 33.7 Å². The van der Waals surface area contributed by atoms with Gasteiger partial charge in [0.2, 0.25) is 0 Å². The van der Waals surface area contributed by atoms with Crippen molar-refractivity contribution in [1.29, 1.82) is 0 Å². The van der Waals surface area contributed by atoms with E-state index < -0.39 is 0 Å². The lowest BCUT2D eigenvalue weighted by Crippen LogP contribution is -2.26. The molecular weight excluding hydrogens is 343 g/mol. The van der Waals surface area contributed by atoms with Crippen LogP contribution in [0.2, 0.25) is 5.02 Å². The minimum absolute atomic E-state index is 0.246. The molecule has 2 aromatic rings. The molecule has 0 spiro atoms. The Morgan fingerprint density at radius 2 is 1.92 bits per heavy atom. The molecule has 0 bridgehead atoms. The van der Waals surface area contributed by atoms with Gasteiger partial charge in [0.25, 0.3) is 0 Å². The summed E-state index contributed by atoms with van der Waals surface area (Å²) in [5.74, 6) is 0.919. The summed E-state index contributed by atoms with van der Waals surface area (Å²) in [7, 11) is 5.70. The van der Waals surface area contributed by atoms with Crippen LogP contribution in [0.1, 0.15) is 11.1 Å². The van der Waals surface area contributed by atoms with Crippen LogP contribution in [-0.2, 0) is 13.2 Å². The molecule has 0 saturated heterocycles. The Morgan fingerprint density at radius 3 is 2.60 bits per heavy atom. The van der Waals surface area contributed by atoms with Crippen molar-refractivity contribution in [3.8, 4) is 11.5 Å². The Labute approximate surface area is 153 Å². The van der Waals surface area contributed by atoms with E-state index in [2.05, 4.69) is 10.2 Å². The Morgan fingerprint density at radius 1 is 1.12 bits per heavy atom. The van der Waals surface area contributed by atoms with E-state index >= 15 is 0 Å². The quantitative estimate of drug-likeness (QED) is 0.686. The van der Waals surface area contributed by atoms with Gasteiger partial charge >= 0.3 is 0 Å². The Bertz CT molecular complexity index is 695. The molecule has 4 nitrogen and oxygen atoms in total. The second-order valence-corrected chi connectivity index (χ2v) is 6.40. The molecule has 1 N–H and O–H groups in total. The van der Waals surface area contributed by atoms with Crippen molar-refractivity contribution in [2.45, 2.75) is 13.2 Å². The van der Waals surface area contributed by atoms with Crippen molar-refractivity contribution < 1.29 is 13.9 Å². The van der Waals surface area contributed by atoms with Gasteiger partial charge in [-0.15, -0.1) is 0 Å². The lowest BCUT2D eigenvalue weighted by Gasteiger charge is -2.14. The zero-order valence-corrected chi connectivity index (χ0v) is 15.6. The number of nitrogens with one attached hydrogen (secondary N) is 1. The van der Waals surface area contributed by atoms with Crippen LogP contribution in [0.4, 0.5) is 4.39 Å². The van der Waals surface area contributed by atoms with E-state index in [-0.39, 0.29) is 12.4 Å². The van der Waals surface area contributed by atoms with Crippen LogP contribution in [-0.4, -0.2) is 39.2 Å². The van der Waals surface area contributed by atoms with E-state index in [4.69, 9.17) is 21.1 Å². The molecule has 0 aliphatic rings. The van der Waals surface area contributed by atoms with Gasteiger partial charge in [0, 0.05) is 25.2 Å². The van der Waals surface area contributed by atoms with Gasteiger partial charge in [-0.25, -0.2) is 4.39 Å². The molecule has 136 valence electrons. The number of rotatable bonds is 9. The van der Waals surface area contributed by atoms with Gasteiger partial charge in [-0.05, 0) is 43.9 Å². The molecule has 0 aliphatic heterocycles. The summed E-state index contributed by atoms with van der Waals surface area (Å²) < 4.78 is 24.3. The average Bonchev–Trinajstić information content (AvgIpc) is 2.58. The monoisotopic (exact) mass is 366 g/mol. The van der Waals surface area contributed by atoms with E-state index in [0.717, 1.165) is 30.8 Å². The third kappa shape index (κ3) is 6.20. The van der Waals surface area contributed by atoms with E-state index in [1.807, 2.05) is 32.3 Å². The van der Waals surface area contributed by atoms with E-state index in [1.165, 1.54) is 12.1 Å². The molecule has 0 amide bonds. The number of nitrogens with zero attached hydrogens (tertiary/aromatic N) is 1. The first-order valence-corrected chi connectivity index (χ1v) is 8.46. The van der Waals surface area contributed by atoms with Gasteiger partial charge in [0.15, 0.2) is 11.5 Å². The highest BCUT2D eigenvalue weighted by atomic mass is 35.5. The highest BCUT2D eigenvalue weighted by Crippen LogP contribution is 2.29. The summed E-state index contributed by atoms with van der Waals surface area (Å²) in [5.41, 5.74) is 1.84. The van der Waals surface area contributed by atoms with Crippen molar-refractivity contribution in [3.05, 3.63) is 58.4 Å². The number of likely N-dealkylation sites (N-methyl/N-ethyl adjacent to an activating group) is 1. The molecule has 0 fully saturated rings. The Hall–Kier alpha value is -1.82. The third-order valence-electron chi connectivity index (χ3n) is 3.69. The zero-order chi connectivity index (χ0) is 18.2. The van der Waals surface area contributed by atoms with Crippen LogP contribution in [0, 0.1) is 5.82 Å². The SMILES string of the molecule is COc1cc(CNCCN(C)C)ccc1OCc1ccc(F)cc1Cl. The summed E-state index contributed by atoms with van der Waals surface area (Å²) in [6.07, 6.45) is 0. The third-order valence-corrected chi connectivity index (χ3v) is 4.04. The van der Waals surface area contributed by atoms with Crippen molar-refractivity contribution in [2.24, 2.45) is 0 Å². The van der Waals surface area contributed by atoms with Crippen molar-refractivity contribution in [3.63, 3.8) is 0 Å². The molecule has 2 rings (SSSR count). The highest BCUT2D eigenvalue weighted by molar-refractivity contribution is 6.31. The standard InChI is InChI=1S/C19H24ClFN2O2/c1-23(2)9-8-22-12-14-4-7-18(19(10-14)24-3)25-13-15-5-6-16(21)11-17(15)20/h4-7,10-11,22H,8-9,12-13H2,1-3H3. The number of methoxy groups -OCH3 is 1. The minimum Gasteiger partial charge on any atom is -0.493 e. The van der Waals surface area contributed by atoms with Crippen LogP contribution in [0.25, 0.3) is 0 Å². The van der Waals surface area contributed by atoms with Gasteiger partial charge in [-0.3, -0.25) is 0 Å². The van der Waals surface area contributed by atoms with Crippen molar-refractivity contribution >= 4 is 11.6 Å². The number of ether oxygens (including phenoxy) is 2. The van der Waals surface area contributed by atoms with Crippen LogP contribution in [0.15, 0.2) is 36.4 Å². The second kappa shape index (κ2) is 9.61. The fourth-order valence-electron chi connectivity index (χ4n) is 2.27. The fourth-order valence-corrected chi connectivity index (χ4v) is 2.49. The smallest absolute Gasteiger partial charge is 0.161 e. The molecule has 0 radical (unpaired) electrons. The molecule has 0 unspecified atom stereocenters.